The molecule has 0 saturated carbocycles. The molecule has 0 spiro atoms. The number of hydrogen-bond donors (Lipinski definition) is 6. The van der Waals surface area contributed by atoms with E-state index in [9.17, 15) is 47.9 Å². The molecule has 0 fully saturated rings. The van der Waals surface area contributed by atoms with Crippen molar-refractivity contribution in [2.45, 2.75) is 197 Å². The standard InChI is InChI=1S/C68H90N8O20/c1-21-39(2)69-52(78)42-32-46(36-48(34-42)89-54(80)40-22-26-44(27-23-40)70-57(73-59(83)93-65(9,10)11)74-60(84)94-66(12,13)14)87-30-31-88-47-33-43(53(79)72-50(56(82)92-64(6,7)8)38-51(77)91-63(3,4)5)35-49(37-47)90-55(81)41-24-28-45(29-25-41)71-58(75-61(85)95-67(15,16)17)76-62(86)96-68(18,19)20/h22-29,32-37,39,50H,21,30-31,38H2,1-20H3,(H,69,78)(H,72,79)(H2,70,73,74,83,84)(H2,71,75,76,85,86)/t39-,50-/m1/s1. The Balaban J connectivity index is 1.67. The van der Waals surface area contributed by atoms with Crippen molar-refractivity contribution in [3.05, 3.63) is 107 Å². The van der Waals surface area contributed by atoms with E-state index in [0.29, 0.717) is 6.42 Å². The Labute approximate surface area is 559 Å². The van der Waals surface area contributed by atoms with Crippen molar-refractivity contribution in [1.82, 2.24) is 31.9 Å². The van der Waals surface area contributed by atoms with E-state index < -0.39 is 106 Å². The second kappa shape index (κ2) is 33.2. The van der Waals surface area contributed by atoms with Crippen molar-refractivity contribution in [1.29, 1.82) is 0 Å². The van der Waals surface area contributed by atoms with Crippen LogP contribution in [0.25, 0.3) is 0 Å². The molecule has 4 aromatic rings. The van der Waals surface area contributed by atoms with E-state index >= 15 is 0 Å². The van der Waals surface area contributed by atoms with E-state index in [1.807, 2.05) is 6.92 Å². The van der Waals surface area contributed by atoms with Gasteiger partial charge in [-0.2, -0.15) is 0 Å². The van der Waals surface area contributed by atoms with Crippen LogP contribution in [0.15, 0.2) is 94.9 Å². The first-order chi connectivity index (χ1) is 44.2. The number of nitrogens with zero attached hydrogens (tertiary/aromatic N) is 2. The number of aliphatic imine (C=N–C) groups is 2. The number of alkyl carbamates (subject to hydrolysis) is 4. The highest BCUT2D eigenvalue weighted by molar-refractivity contribution is 6.04. The summed E-state index contributed by atoms with van der Waals surface area (Å²) in [6.45, 7) is 32.6. The van der Waals surface area contributed by atoms with Gasteiger partial charge in [-0.05, 0) is 211 Å². The van der Waals surface area contributed by atoms with Crippen molar-refractivity contribution in [3.63, 3.8) is 0 Å². The molecular weight excluding hydrogens is 1250 g/mol. The van der Waals surface area contributed by atoms with Gasteiger partial charge in [0.05, 0.1) is 28.9 Å². The average molecular weight is 1340 g/mol. The van der Waals surface area contributed by atoms with Gasteiger partial charge in [0.1, 0.15) is 75.9 Å². The quantitative estimate of drug-likeness (QED) is 0.0127. The van der Waals surface area contributed by atoms with E-state index in [0.717, 1.165) is 0 Å². The Bertz CT molecular complexity index is 3460. The SMILES string of the molecule is CC[C@@H](C)NC(=O)c1cc(OCCOc2cc(OC(=O)c3ccc(N=C(NC(=O)OC(C)(C)C)NC(=O)OC(C)(C)C)cc3)cc(C(=O)N[C@H](CC(=O)OC(C)(C)C)C(=O)OC(C)(C)C)c2)cc(OC(=O)c2ccc(N=C(NC(=O)OC(C)(C)C)NC(=O)OC(C)(C)C)cc2)c1. The van der Waals surface area contributed by atoms with Gasteiger partial charge in [-0.3, -0.25) is 35.7 Å². The molecule has 4 aromatic carbocycles. The van der Waals surface area contributed by atoms with E-state index in [4.69, 9.17) is 47.4 Å². The molecule has 0 heterocycles. The highest BCUT2D eigenvalue weighted by Crippen LogP contribution is 2.28. The number of ether oxygens (including phenoxy) is 10. The van der Waals surface area contributed by atoms with Gasteiger partial charge in [0.2, 0.25) is 11.9 Å². The first-order valence-electron chi connectivity index (χ1n) is 30.6. The normalized spacial score (nSPS) is 12.2. The van der Waals surface area contributed by atoms with Gasteiger partial charge in [0.15, 0.2) is 0 Å². The Morgan fingerprint density at radius 3 is 1.02 bits per heavy atom. The summed E-state index contributed by atoms with van der Waals surface area (Å²) in [6, 6.07) is 17.0. The second-order valence-electron chi connectivity index (χ2n) is 27.5. The molecule has 0 bridgehead atoms. The van der Waals surface area contributed by atoms with E-state index in [2.05, 4.69) is 41.9 Å². The minimum absolute atomic E-state index is 0.0317. The zero-order chi connectivity index (χ0) is 72.3. The lowest BCUT2D eigenvalue weighted by Gasteiger charge is -2.26. The van der Waals surface area contributed by atoms with Crippen LogP contribution in [0, 0.1) is 0 Å². The molecule has 0 aliphatic heterocycles. The van der Waals surface area contributed by atoms with Crippen LogP contribution < -0.4 is 50.8 Å². The van der Waals surface area contributed by atoms with Gasteiger partial charge < -0.3 is 58.0 Å². The van der Waals surface area contributed by atoms with Gasteiger partial charge in [0, 0.05) is 29.3 Å². The Hall–Kier alpha value is -10.3. The van der Waals surface area contributed by atoms with Gasteiger partial charge in [-0.15, -0.1) is 0 Å². The highest BCUT2D eigenvalue weighted by Gasteiger charge is 2.32. The molecule has 28 nitrogen and oxygen atoms in total. The number of nitrogens with one attached hydrogen (secondary N) is 6. The van der Waals surface area contributed by atoms with Crippen LogP contribution in [-0.2, 0) is 38.0 Å². The summed E-state index contributed by atoms with van der Waals surface area (Å²) >= 11 is 0. The lowest BCUT2D eigenvalue weighted by atomic mass is 10.1. The van der Waals surface area contributed by atoms with Crippen molar-refractivity contribution in [2.24, 2.45) is 9.98 Å². The van der Waals surface area contributed by atoms with E-state index in [-0.39, 0.29) is 87.8 Å². The average Bonchev–Trinajstić information content (AvgIpc) is 0.848. The Morgan fingerprint density at radius 1 is 0.396 bits per heavy atom. The molecule has 0 saturated heterocycles. The third-order valence-corrected chi connectivity index (χ3v) is 11.3. The van der Waals surface area contributed by atoms with E-state index in [1.165, 1.54) is 84.9 Å². The smallest absolute Gasteiger partial charge is 0.414 e. The van der Waals surface area contributed by atoms with Crippen molar-refractivity contribution < 1.29 is 95.3 Å². The van der Waals surface area contributed by atoms with Crippen molar-refractivity contribution in [2.75, 3.05) is 13.2 Å². The van der Waals surface area contributed by atoms with Crippen LogP contribution in [-0.4, -0.2) is 131 Å². The third kappa shape index (κ3) is 30.6. The van der Waals surface area contributed by atoms with Crippen LogP contribution in [0.2, 0.25) is 0 Å². The lowest BCUT2D eigenvalue weighted by Crippen LogP contribution is -2.47. The largest absolute Gasteiger partial charge is 0.490 e. The first-order valence-corrected chi connectivity index (χ1v) is 30.6. The van der Waals surface area contributed by atoms with Crippen LogP contribution in [0.1, 0.15) is 193 Å². The topological polar surface area (TPSA) is 360 Å². The number of hydrogen-bond acceptors (Lipinski definition) is 22. The fourth-order valence-electron chi connectivity index (χ4n) is 7.49. The summed E-state index contributed by atoms with van der Waals surface area (Å²) in [7, 11) is 0. The van der Waals surface area contributed by atoms with Crippen LogP contribution in [0.4, 0.5) is 30.6 Å². The summed E-state index contributed by atoms with van der Waals surface area (Å²) < 4.78 is 56.0. The molecule has 0 unspecified atom stereocenters. The monoisotopic (exact) mass is 1340 g/mol. The summed E-state index contributed by atoms with van der Waals surface area (Å²) in [4.78, 5) is 141. The number of benzene rings is 4. The number of guanidine groups is 2. The summed E-state index contributed by atoms with van der Waals surface area (Å²) in [5.74, 6) is -6.06. The molecule has 0 radical (unpaired) electrons. The first kappa shape index (κ1) is 78.2. The molecule has 522 valence electrons. The fourth-order valence-corrected chi connectivity index (χ4v) is 7.49. The molecule has 6 amide bonds. The third-order valence-electron chi connectivity index (χ3n) is 11.3. The second-order valence-corrected chi connectivity index (χ2v) is 27.5. The number of esters is 4. The summed E-state index contributed by atoms with van der Waals surface area (Å²) in [5.41, 5.74) is -5.40. The van der Waals surface area contributed by atoms with E-state index in [1.54, 1.807) is 132 Å². The lowest BCUT2D eigenvalue weighted by molar-refractivity contribution is -0.164. The van der Waals surface area contributed by atoms with Gasteiger partial charge in [-0.1, -0.05) is 6.92 Å². The van der Waals surface area contributed by atoms with Crippen molar-refractivity contribution in [3.8, 4) is 23.0 Å². The zero-order valence-electron chi connectivity index (χ0n) is 58.1. The highest BCUT2D eigenvalue weighted by atomic mass is 16.6. The molecule has 2 atom stereocenters. The van der Waals surface area contributed by atoms with Crippen LogP contribution in [0.5, 0.6) is 23.0 Å². The number of carbonyl (C=O) groups excluding carboxylic acids is 10. The molecule has 6 N–H and O–H groups in total. The minimum atomic E-state index is -1.56. The number of rotatable bonds is 19. The Kier molecular flexibility index (Phi) is 27.0. The minimum Gasteiger partial charge on any atom is -0.490 e. The number of amides is 6. The molecule has 96 heavy (non-hydrogen) atoms. The predicted octanol–water partition coefficient (Wildman–Crippen LogP) is 11.4. The maximum atomic E-state index is 14.2. The predicted molar refractivity (Wildman–Crippen MR) is 353 cm³/mol. The van der Waals surface area contributed by atoms with Gasteiger partial charge in [-0.25, -0.2) is 43.5 Å². The molecule has 4 rings (SSSR count). The van der Waals surface area contributed by atoms with Gasteiger partial charge in [0.25, 0.3) is 11.8 Å². The summed E-state index contributed by atoms with van der Waals surface area (Å²) in [5, 5.41) is 14.9. The maximum Gasteiger partial charge on any atom is 0.414 e. The Morgan fingerprint density at radius 2 is 0.708 bits per heavy atom. The van der Waals surface area contributed by atoms with Crippen molar-refractivity contribution >= 4 is 83.4 Å². The molecule has 0 aliphatic rings. The summed E-state index contributed by atoms with van der Waals surface area (Å²) in [6.07, 6.45) is -3.74. The van der Waals surface area contributed by atoms with Gasteiger partial charge >= 0.3 is 48.3 Å². The van der Waals surface area contributed by atoms with Crippen LogP contribution in [0.3, 0.4) is 0 Å². The molecular formula is C68H90N8O20. The zero-order valence-corrected chi connectivity index (χ0v) is 58.1. The molecule has 28 heteroatoms. The fraction of sp³-hybridized carbons (Fsp3) is 0.471. The maximum absolute atomic E-state index is 14.2. The number of carbonyl (C=O) groups is 10. The molecule has 0 aromatic heterocycles. The van der Waals surface area contributed by atoms with Crippen LogP contribution >= 0.6 is 0 Å². The molecule has 0 aliphatic carbocycles.